The molecule has 3 heterocycles. The molecule has 0 bridgehead atoms. The SMILES string of the molecule is COCc1nc2ccc(C)cc2c2c1C(=O)N(CCCn1cccn1)C2=O. The highest BCUT2D eigenvalue weighted by molar-refractivity contribution is 6.26. The number of amides is 2. The van der Waals surface area contributed by atoms with Crippen LogP contribution < -0.4 is 0 Å². The predicted molar refractivity (Wildman–Crippen MR) is 99.4 cm³/mol. The minimum atomic E-state index is -0.293. The molecule has 0 fully saturated rings. The summed E-state index contributed by atoms with van der Waals surface area (Å²) in [4.78, 5) is 32.0. The van der Waals surface area contributed by atoms with E-state index in [9.17, 15) is 9.59 Å². The van der Waals surface area contributed by atoms with E-state index in [2.05, 4.69) is 10.1 Å². The first-order chi connectivity index (χ1) is 13.1. The molecule has 0 saturated carbocycles. The molecule has 2 amide bonds. The van der Waals surface area contributed by atoms with Crippen molar-refractivity contribution >= 4 is 22.7 Å². The van der Waals surface area contributed by atoms with Crippen molar-refractivity contribution in [2.45, 2.75) is 26.5 Å². The van der Waals surface area contributed by atoms with Gasteiger partial charge in [-0.2, -0.15) is 5.10 Å². The molecule has 0 spiro atoms. The van der Waals surface area contributed by atoms with E-state index in [1.54, 1.807) is 18.0 Å². The zero-order chi connectivity index (χ0) is 19.0. The molecule has 4 rings (SSSR count). The van der Waals surface area contributed by atoms with E-state index in [1.807, 2.05) is 37.4 Å². The first kappa shape index (κ1) is 17.4. The van der Waals surface area contributed by atoms with Gasteiger partial charge >= 0.3 is 0 Å². The van der Waals surface area contributed by atoms with Crippen molar-refractivity contribution in [3.05, 3.63) is 59.0 Å². The van der Waals surface area contributed by atoms with Gasteiger partial charge in [0.2, 0.25) is 0 Å². The third kappa shape index (κ3) is 3.00. The minimum Gasteiger partial charge on any atom is -0.378 e. The molecule has 0 unspecified atom stereocenters. The van der Waals surface area contributed by atoms with Gasteiger partial charge < -0.3 is 4.74 Å². The quantitative estimate of drug-likeness (QED) is 0.628. The van der Waals surface area contributed by atoms with Crippen molar-refractivity contribution in [3.8, 4) is 0 Å². The molecule has 27 heavy (non-hydrogen) atoms. The van der Waals surface area contributed by atoms with Crippen LogP contribution in [0.25, 0.3) is 10.9 Å². The number of aromatic nitrogens is 3. The normalized spacial score (nSPS) is 13.6. The number of aryl methyl sites for hydroxylation is 2. The zero-order valence-electron chi connectivity index (χ0n) is 15.3. The summed E-state index contributed by atoms with van der Waals surface area (Å²) in [6.07, 6.45) is 4.20. The number of pyridine rings is 1. The first-order valence-electron chi connectivity index (χ1n) is 8.86. The number of hydrogen-bond donors (Lipinski definition) is 0. The lowest BCUT2D eigenvalue weighted by Gasteiger charge is -2.13. The Balaban J connectivity index is 1.71. The molecule has 0 saturated heterocycles. The van der Waals surface area contributed by atoms with Gasteiger partial charge in [-0.1, -0.05) is 11.6 Å². The summed E-state index contributed by atoms with van der Waals surface area (Å²) in [6, 6.07) is 7.58. The van der Waals surface area contributed by atoms with Crippen LogP contribution in [0.5, 0.6) is 0 Å². The molecule has 0 aliphatic carbocycles. The summed E-state index contributed by atoms with van der Waals surface area (Å²) < 4.78 is 7.01. The maximum Gasteiger partial charge on any atom is 0.263 e. The highest BCUT2D eigenvalue weighted by Gasteiger charge is 2.39. The predicted octanol–water partition coefficient (Wildman–Crippen LogP) is 2.57. The summed E-state index contributed by atoms with van der Waals surface area (Å²) in [5, 5.41) is 4.87. The fraction of sp³-hybridized carbons (Fsp3) is 0.300. The molecule has 7 heteroatoms. The molecular weight excluding hydrogens is 344 g/mol. The van der Waals surface area contributed by atoms with Crippen molar-refractivity contribution in [2.75, 3.05) is 13.7 Å². The Kier molecular flexibility index (Phi) is 4.45. The van der Waals surface area contributed by atoms with Gasteiger partial charge in [0.1, 0.15) is 0 Å². The van der Waals surface area contributed by atoms with Gasteiger partial charge in [-0.05, 0) is 31.5 Å². The topological polar surface area (TPSA) is 77.3 Å². The molecule has 0 N–H and O–H groups in total. The van der Waals surface area contributed by atoms with E-state index in [-0.39, 0.29) is 18.4 Å². The smallest absolute Gasteiger partial charge is 0.263 e. The lowest BCUT2D eigenvalue weighted by Crippen LogP contribution is -2.31. The lowest BCUT2D eigenvalue weighted by molar-refractivity contribution is 0.0649. The molecule has 1 aliphatic rings. The molecule has 0 radical (unpaired) electrons. The van der Waals surface area contributed by atoms with E-state index >= 15 is 0 Å². The van der Waals surface area contributed by atoms with Gasteiger partial charge in [0.25, 0.3) is 11.8 Å². The summed E-state index contributed by atoms with van der Waals surface area (Å²) in [5.41, 5.74) is 3.05. The number of methoxy groups -OCH3 is 1. The number of rotatable bonds is 6. The summed E-state index contributed by atoms with van der Waals surface area (Å²) >= 11 is 0. The van der Waals surface area contributed by atoms with Crippen LogP contribution in [0.15, 0.2) is 36.7 Å². The molecule has 0 atom stereocenters. The Morgan fingerprint density at radius 1 is 1.11 bits per heavy atom. The van der Waals surface area contributed by atoms with Crippen molar-refractivity contribution in [3.63, 3.8) is 0 Å². The zero-order valence-corrected chi connectivity index (χ0v) is 15.3. The van der Waals surface area contributed by atoms with Crippen LogP contribution in [0.1, 0.15) is 38.4 Å². The van der Waals surface area contributed by atoms with E-state index < -0.39 is 0 Å². The van der Waals surface area contributed by atoms with Gasteiger partial charge in [0.15, 0.2) is 0 Å². The Morgan fingerprint density at radius 2 is 1.93 bits per heavy atom. The maximum atomic E-state index is 13.1. The third-order valence-corrected chi connectivity index (χ3v) is 4.74. The van der Waals surface area contributed by atoms with Gasteiger partial charge in [-0.3, -0.25) is 19.2 Å². The second-order valence-electron chi connectivity index (χ2n) is 6.65. The van der Waals surface area contributed by atoms with E-state index in [0.29, 0.717) is 41.8 Å². The summed E-state index contributed by atoms with van der Waals surface area (Å²) in [7, 11) is 1.55. The van der Waals surface area contributed by atoms with Gasteiger partial charge in [-0.15, -0.1) is 0 Å². The number of benzene rings is 1. The fourth-order valence-electron chi connectivity index (χ4n) is 3.51. The molecule has 2 aromatic heterocycles. The standard InChI is InChI=1S/C20H20N4O3/c1-13-5-6-15-14(11-13)17-18(16(22-15)12-27-2)20(26)24(19(17)25)10-4-9-23-8-3-7-21-23/h3,5-8,11H,4,9-10,12H2,1-2H3. The molecular formula is C20H20N4O3. The van der Waals surface area contributed by atoms with Crippen molar-refractivity contribution in [2.24, 2.45) is 0 Å². The van der Waals surface area contributed by atoms with Crippen LogP contribution in [0.3, 0.4) is 0 Å². The highest BCUT2D eigenvalue weighted by atomic mass is 16.5. The largest absolute Gasteiger partial charge is 0.378 e. The highest BCUT2D eigenvalue weighted by Crippen LogP contribution is 2.32. The molecule has 7 nitrogen and oxygen atoms in total. The van der Waals surface area contributed by atoms with Gasteiger partial charge in [0.05, 0.1) is 28.9 Å². The number of hydrogen-bond acceptors (Lipinski definition) is 5. The summed E-state index contributed by atoms with van der Waals surface area (Å²) in [6.45, 7) is 3.12. The number of nitrogens with zero attached hydrogens (tertiary/aromatic N) is 4. The fourth-order valence-corrected chi connectivity index (χ4v) is 3.51. The number of carbonyl (C=O) groups is 2. The Labute approximate surface area is 156 Å². The Hall–Kier alpha value is -3.06. The van der Waals surface area contributed by atoms with Gasteiger partial charge in [0, 0.05) is 38.0 Å². The van der Waals surface area contributed by atoms with Crippen LogP contribution in [0.4, 0.5) is 0 Å². The molecule has 3 aromatic rings. The van der Waals surface area contributed by atoms with Crippen LogP contribution >= 0.6 is 0 Å². The minimum absolute atomic E-state index is 0.187. The number of fused-ring (bicyclic) bond motifs is 3. The van der Waals surface area contributed by atoms with E-state index in [0.717, 1.165) is 10.9 Å². The second kappa shape index (κ2) is 6.92. The molecule has 1 aliphatic heterocycles. The summed E-state index contributed by atoms with van der Waals surface area (Å²) in [5.74, 6) is -0.552. The number of imide groups is 1. The number of ether oxygens (including phenoxy) is 1. The average Bonchev–Trinajstić information content (AvgIpc) is 3.25. The van der Waals surface area contributed by atoms with E-state index in [4.69, 9.17) is 4.74 Å². The second-order valence-corrected chi connectivity index (χ2v) is 6.65. The lowest BCUT2D eigenvalue weighted by atomic mass is 10.0. The first-order valence-corrected chi connectivity index (χ1v) is 8.86. The monoisotopic (exact) mass is 364 g/mol. The number of carbonyl (C=O) groups excluding carboxylic acids is 2. The van der Waals surface area contributed by atoms with Crippen LogP contribution in [-0.4, -0.2) is 45.1 Å². The average molecular weight is 364 g/mol. The van der Waals surface area contributed by atoms with Gasteiger partial charge in [-0.25, -0.2) is 4.98 Å². The Bertz CT molecular complexity index is 1030. The third-order valence-electron chi connectivity index (χ3n) is 4.74. The van der Waals surface area contributed by atoms with Crippen LogP contribution in [0, 0.1) is 6.92 Å². The van der Waals surface area contributed by atoms with E-state index in [1.165, 1.54) is 4.90 Å². The molecule has 1 aromatic carbocycles. The Morgan fingerprint density at radius 3 is 2.67 bits per heavy atom. The van der Waals surface area contributed by atoms with Crippen molar-refractivity contribution in [1.29, 1.82) is 0 Å². The van der Waals surface area contributed by atoms with Crippen molar-refractivity contribution < 1.29 is 14.3 Å². The van der Waals surface area contributed by atoms with Crippen LogP contribution in [-0.2, 0) is 17.9 Å². The molecule has 138 valence electrons. The van der Waals surface area contributed by atoms with Crippen LogP contribution in [0.2, 0.25) is 0 Å². The maximum absolute atomic E-state index is 13.1. The van der Waals surface area contributed by atoms with Crippen molar-refractivity contribution in [1.82, 2.24) is 19.7 Å².